The van der Waals surface area contributed by atoms with Crippen molar-refractivity contribution in [1.29, 1.82) is 0 Å². The molecule has 6 nitrogen and oxygen atoms in total. The van der Waals surface area contributed by atoms with Crippen LogP contribution >= 0.6 is 0 Å². The monoisotopic (exact) mass is 286 g/mol. The molecule has 1 aromatic carbocycles. The number of sulfonamides is 1. The van der Waals surface area contributed by atoms with Gasteiger partial charge in [-0.1, -0.05) is 6.07 Å². The molecule has 3 N–H and O–H groups in total. The first-order chi connectivity index (χ1) is 8.70. The topological polar surface area (TPSA) is 98.5 Å². The van der Waals surface area contributed by atoms with Gasteiger partial charge in [0.1, 0.15) is 6.61 Å². The van der Waals surface area contributed by atoms with E-state index in [-0.39, 0.29) is 23.5 Å². The molecule has 106 valence electrons. The Morgan fingerprint density at radius 3 is 2.58 bits per heavy atom. The second kappa shape index (κ2) is 6.14. The van der Waals surface area contributed by atoms with Gasteiger partial charge >= 0.3 is 0 Å². The second-order valence-electron chi connectivity index (χ2n) is 4.43. The van der Waals surface area contributed by atoms with Gasteiger partial charge in [-0.05, 0) is 38.5 Å². The first-order valence-electron chi connectivity index (χ1n) is 5.75. The number of aryl methyl sites for hydroxylation is 1. The van der Waals surface area contributed by atoms with E-state index in [1.54, 1.807) is 19.1 Å². The first kappa shape index (κ1) is 15.6. The van der Waals surface area contributed by atoms with Crippen molar-refractivity contribution >= 4 is 21.6 Å². The molecule has 0 aliphatic carbocycles. The summed E-state index contributed by atoms with van der Waals surface area (Å²) in [7, 11) is -3.80. The van der Waals surface area contributed by atoms with Gasteiger partial charge in [-0.15, -0.1) is 0 Å². The lowest BCUT2D eigenvalue weighted by molar-refractivity contribution is -0.121. The molecule has 0 aliphatic rings. The number of carbonyl (C=O) groups is 1. The van der Waals surface area contributed by atoms with Gasteiger partial charge in [-0.3, -0.25) is 4.79 Å². The van der Waals surface area contributed by atoms with E-state index >= 15 is 0 Å². The summed E-state index contributed by atoms with van der Waals surface area (Å²) in [5.74, 6) is -0.349. The highest BCUT2D eigenvalue weighted by molar-refractivity contribution is 7.89. The number of benzene rings is 1. The van der Waals surface area contributed by atoms with Crippen LogP contribution in [0, 0.1) is 6.92 Å². The number of nitrogens with one attached hydrogen (secondary N) is 1. The maximum Gasteiger partial charge on any atom is 0.250 e. The third kappa shape index (κ3) is 4.98. The van der Waals surface area contributed by atoms with E-state index in [0.717, 1.165) is 0 Å². The Morgan fingerprint density at radius 1 is 1.42 bits per heavy atom. The smallest absolute Gasteiger partial charge is 0.250 e. The van der Waals surface area contributed by atoms with Crippen molar-refractivity contribution in [2.75, 3.05) is 11.9 Å². The first-order valence-corrected chi connectivity index (χ1v) is 7.29. The zero-order chi connectivity index (χ0) is 14.6. The van der Waals surface area contributed by atoms with Gasteiger partial charge in [0.05, 0.1) is 11.0 Å². The number of primary sulfonamides is 1. The maximum absolute atomic E-state index is 11.5. The summed E-state index contributed by atoms with van der Waals surface area (Å²) >= 11 is 0. The van der Waals surface area contributed by atoms with Gasteiger partial charge in [-0.2, -0.15) is 0 Å². The van der Waals surface area contributed by atoms with Crippen LogP contribution in [-0.4, -0.2) is 27.0 Å². The van der Waals surface area contributed by atoms with E-state index < -0.39 is 10.0 Å². The molecular weight excluding hydrogens is 268 g/mol. The Bertz CT molecular complexity index is 567. The van der Waals surface area contributed by atoms with E-state index in [0.29, 0.717) is 11.3 Å². The fourth-order valence-corrected chi connectivity index (χ4v) is 2.23. The molecule has 0 radical (unpaired) electrons. The molecule has 1 aromatic rings. The van der Waals surface area contributed by atoms with Crippen LogP contribution in [0.15, 0.2) is 23.1 Å². The summed E-state index contributed by atoms with van der Waals surface area (Å²) in [5.41, 5.74) is 0.894. The molecular formula is C12H18N2O4S. The van der Waals surface area contributed by atoms with Crippen molar-refractivity contribution < 1.29 is 17.9 Å². The Morgan fingerprint density at radius 2 is 2.05 bits per heavy atom. The van der Waals surface area contributed by atoms with Crippen molar-refractivity contribution in [3.63, 3.8) is 0 Å². The fraction of sp³-hybridized carbons (Fsp3) is 0.417. The molecule has 0 saturated carbocycles. The number of hydrogen-bond donors (Lipinski definition) is 2. The zero-order valence-electron chi connectivity index (χ0n) is 11.1. The summed E-state index contributed by atoms with van der Waals surface area (Å²) in [6.45, 7) is 5.18. The number of amides is 1. The van der Waals surface area contributed by atoms with Crippen LogP contribution in [0.2, 0.25) is 0 Å². The quantitative estimate of drug-likeness (QED) is 0.843. The van der Waals surface area contributed by atoms with Gasteiger partial charge in [0.2, 0.25) is 15.9 Å². The van der Waals surface area contributed by atoms with E-state index in [2.05, 4.69) is 5.32 Å². The van der Waals surface area contributed by atoms with Gasteiger partial charge < -0.3 is 10.1 Å². The van der Waals surface area contributed by atoms with Crippen molar-refractivity contribution in [2.24, 2.45) is 5.14 Å². The molecule has 1 rings (SSSR count). The summed E-state index contributed by atoms with van der Waals surface area (Å²) < 4.78 is 27.8. The Labute approximate surface area is 113 Å². The van der Waals surface area contributed by atoms with Gasteiger partial charge in [-0.25, -0.2) is 13.6 Å². The lowest BCUT2D eigenvalue weighted by atomic mass is 10.2. The number of rotatable bonds is 5. The molecule has 0 unspecified atom stereocenters. The molecule has 0 atom stereocenters. The van der Waals surface area contributed by atoms with Crippen LogP contribution in [0.25, 0.3) is 0 Å². The van der Waals surface area contributed by atoms with Crippen molar-refractivity contribution in [3.8, 4) is 0 Å². The average Bonchev–Trinajstić information content (AvgIpc) is 2.27. The van der Waals surface area contributed by atoms with Crippen LogP contribution in [0.1, 0.15) is 19.4 Å². The number of hydrogen-bond acceptors (Lipinski definition) is 4. The Hall–Kier alpha value is -1.44. The molecule has 0 heterocycles. The number of nitrogens with two attached hydrogens (primary N) is 1. The van der Waals surface area contributed by atoms with Crippen molar-refractivity contribution in [2.45, 2.75) is 31.8 Å². The Balaban J connectivity index is 2.84. The van der Waals surface area contributed by atoms with Crippen molar-refractivity contribution in [1.82, 2.24) is 0 Å². The highest BCUT2D eigenvalue weighted by Gasteiger charge is 2.13. The lowest BCUT2D eigenvalue weighted by Gasteiger charge is -2.10. The summed E-state index contributed by atoms with van der Waals surface area (Å²) in [4.78, 5) is 11.5. The SMILES string of the molecule is Cc1ccc(NC(=O)COC(C)C)cc1S(N)(=O)=O. The molecule has 0 saturated heterocycles. The molecule has 1 amide bonds. The standard InChI is InChI=1S/C12H18N2O4S/c1-8(2)18-7-12(15)14-10-5-4-9(3)11(6-10)19(13,16)17/h4-6,8H,7H2,1-3H3,(H,14,15)(H2,13,16,17). The normalized spacial score (nSPS) is 11.6. The highest BCUT2D eigenvalue weighted by atomic mass is 32.2. The Kier molecular flexibility index (Phi) is 5.04. The molecule has 7 heteroatoms. The van der Waals surface area contributed by atoms with Crippen LogP contribution in [-0.2, 0) is 19.6 Å². The highest BCUT2D eigenvalue weighted by Crippen LogP contribution is 2.18. The predicted molar refractivity (Wildman–Crippen MR) is 72.3 cm³/mol. The van der Waals surface area contributed by atoms with E-state index in [4.69, 9.17) is 9.88 Å². The third-order valence-electron chi connectivity index (χ3n) is 2.33. The zero-order valence-corrected chi connectivity index (χ0v) is 12.0. The minimum absolute atomic E-state index is 0.00456. The van der Waals surface area contributed by atoms with Crippen LogP contribution in [0.5, 0.6) is 0 Å². The van der Waals surface area contributed by atoms with Gasteiger partial charge in [0.25, 0.3) is 0 Å². The number of ether oxygens (including phenoxy) is 1. The van der Waals surface area contributed by atoms with E-state index in [9.17, 15) is 13.2 Å². The minimum atomic E-state index is -3.80. The van der Waals surface area contributed by atoms with Crippen LogP contribution in [0.3, 0.4) is 0 Å². The summed E-state index contributed by atoms with van der Waals surface area (Å²) in [6, 6.07) is 4.52. The molecule has 0 bridgehead atoms. The number of anilines is 1. The minimum Gasteiger partial charge on any atom is -0.369 e. The molecule has 0 fully saturated rings. The third-order valence-corrected chi connectivity index (χ3v) is 3.38. The largest absolute Gasteiger partial charge is 0.369 e. The fourth-order valence-electron chi connectivity index (χ4n) is 1.42. The lowest BCUT2D eigenvalue weighted by Crippen LogP contribution is -2.21. The molecule has 0 aromatic heterocycles. The molecule has 0 aliphatic heterocycles. The second-order valence-corrected chi connectivity index (χ2v) is 5.96. The predicted octanol–water partition coefficient (Wildman–Crippen LogP) is 1.01. The summed E-state index contributed by atoms with van der Waals surface area (Å²) in [5, 5.41) is 7.64. The van der Waals surface area contributed by atoms with Crippen molar-refractivity contribution in [3.05, 3.63) is 23.8 Å². The summed E-state index contributed by atoms with van der Waals surface area (Å²) in [6.07, 6.45) is -0.0521. The van der Waals surface area contributed by atoms with Gasteiger partial charge in [0.15, 0.2) is 0 Å². The van der Waals surface area contributed by atoms with Crippen LogP contribution < -0.4 is 10.5 Å². The van der Waals surface area contributed by atoms with E-state index in [1.165, 1.54) is 6.07 Å². The average molecular weight is 286 g/mol. The molecule has 0 spiro atoms. The van der Waals surface area contributed by atoms with E-state index in [1.807, 2.05) is 13.8 Å². The van der Waals surface area contributed by atoms with Crippen LogP contribution in [0.4, 0.5) is 5.69 Å². The maximum atomic E-state index is 11.5. The number of carbonyl (C=O) groups excluding carboxylic acids is 1. The van der Waals surface area contributed by atoms with Gasteiger partial charge in [0, 0.05) is 5.69 Å². The molecule has 19 heavy (non-hydrogen) atoms.